The van der Waals surface area contributed by atoms with Crippen molar-refractivity contribution in [3.05, 3.63) is 83.8 Å². The molecule has 5 nitrogen and oxygen atoms in total. The van der Waals surface area contributed by atoms with Crippen molar-refractivity contribution in [1.29, 1.82) is 0 Å². The van der Waals surface area contributed by atoms with Crippen LogP contribution in [0.2, 0.25) is 0 Å². The molecule has 6 heteroatoms. The van der Waals surface area contributed by atoms with E-state index >= 15 is 0 Å². The fourth-order valence-corrected chi connectivity index (χ4v) is 3.74. The third-order valence-corrected chi connectivity index (χ3v) is 5.67. The zero-order chi connectivity index (χ0) is 24.4. The molecule has 0 saturated heterocycles. The molecule has 0 aliphatic carbocycles. The van der Waals surface area contributed by atoms with Crippen LogP contribution in [0.1, 0.15) is 69.2 Å². The molecule has 2 N–H and O–H groups in total. The second kappa shape index (κ2) is 16.8. The third kappa shape index (κ3) is 10.1. The van der Waals surface area contributed by atoms with Gasteiger partial charge in [0.05, 0.1) is 0 Å². The van der Waals surface area contributed by atoms with Gasteiger partial charge in [0.15, 0.2) is 5.88 Å². The smallest absolute Gasteiger partial charge is 0.518 e. The van der Waals surface area contributed by atoms with Crippen molar-refractivity contribution in [2.75, 3.05) is 6.61 Å². The summed E-state index contributed by atoms with van der Waals surface area (Å²) in [5, 5.41) is 19.0. The Morgan fingerprint density at radius 3 is 2.21 bits per heavy atom. The molecule has 0 saturated carbocycles. The maximum Gasteiger partial charge on any atom is 0.561 e. The molecule has 3 aromatic rings. The SMILES string of the molecule is CCCCCCCCc1cccnc1OB(O)c1ccccc1CC.OCCc1ccccn1. The van der Waals surface area contributed by atoms with Crippen molar-refractivity contribution in [3.63, 3.8) is 0 Å². The summed E-state index contributed by atoms with van der Waals surface area (Å²) in [5.74, 6) is 0.550. The minimum absolute atomic E-state index is 0.178. The molecule has 3 rings (SSSR count). The van der Waals surface area contributed by atoms with Crippen LogP contribution in [0.5, 0.6) is 5.88 Å². The summed E-state index contributed by atoms with van der Waals surface area (Å²) in [7, 11) is -0.977. The van der Waals surface area contributed by atoms with Gasteiger partial charge in [-0.2, -0.15) is 0 Å². The van der Waals surface area contributed by atoms with Gasteiger partial charge in [0.25, 0.3) is 0 Å². The third-order valence-electron chi connectivity index (χ3n) is 5.67. The number of nitrogens with zero attached hydrogens (tertiary/aromatic N) is 2. The Labute approximate surface area is 205 Å². The number of hydrogen-bond acceptors (Lipinski definition) is 5. The number of aryl methyl sites for hydroxylation is 2. The van der Waals surface area contributed by atoms with Gasteiger partial charge in [-0.3, -0.25) is 4.98 Å². The Balaban J connectivity index is 0.000000379. The van der Waals surface area contributed by atoms with E-state index in [4.69, 9.17) is 9.76 Å². The van der Waals surface area contributed by atoms with Crippen LogP contribution in [0.25, 0.3) is 0 Å². The molecule has 2 aromatic heterocycles. The van der Waals surface area contributed by atoms with Crippen LogP contribution in [0.4, 0.5) is 0 Å². The molecule has 0 bridgehead atoms. The Morgan fingerprint density at radius 2 is 1.47 bits per heavy atom. The summed E-state index contributed by atoms with van der Waals surface area (Å²) >= 11 is 0. The summed E-state index contributed by atoms with van der Waals surface area (Å²) in [5.41, 5.74) is 3.94. The van der Waals surface area contributed by atoms with Gasteiger partial charge >= 0.3 is 7.12 Å². The number of aliphatic hydroxyl groups is 1. The average Bonchev–Trinajstić information content (AvgIpc) is 2.88. The van der Waals surface area contributed by atoms with Crippen LogP contribution in [0.3, 0.4) is 0 Å². The van der Waals surface area contributed by atoms with Gasteiger partial charge in [0, 0.05) is 36.7 Å². The normalized spacial score (nSPS) is 10.4. The van der Waals surface area contributed by atoms with Crippen LogP contribution in [0.15, 0.2) is 67.0 Å². The molecule has 0 unspecified atom stereocenters. The van der Waals surface area contributed by atoms with Gasteiger partial charge in [0.2, 0.25) is 0 Å². The van der Waals surface area contributed by atoms with Gasteiger partial charge < -0.3 is 14.8 Å². The van der Waals surface area contributed by atoms with E-state index in [1.54, 1.807) is 12.4 Å². The van der Waals surface area contributed by atoms with E-state index in [-0.39, 0.29) is 6.61 Å². The van der Waals surface area contributed by atoms with E-state index in [1.807, 2.05) is 54.6 Å². The molecule has 0 aliphatic rings. The molecule has 0 aliphatic heterocycles. The van der Waals surface area contributed by atoms with E-state index < -0.39 is 7.12 Å². The van der Waals surface area contributed by atoms with E-state index in [1.165, 1.54) is 32.1 Å². The van der Waals surface area contributed by atoms with Gasteiger partial charge in [-0.25, -0.2) is 4.98 Å². The highest BCUT2D eigenvalue weighted by molar-refractivity contribution is 6.61. The maximum absolute atomic E-state index is 10.5. The van der Waals surface area contributed by atoms with Gasteiger partial charge in [0.1, 0.15) is 0 Å². The van der Waals surface area contributed by atoms with Crippen molar-refractivity contribution < 1.29 is 14.8 Å². The van der Waals surface area contributed by atoms with E-state index in [0.717, 1.165) is 41.5 Å². The highest BCUT2D eigenvalue weighted by Gasteiger charge is 2.23. The first-order chi connectivity index (χ1) is 16.7. The first-order valence-electron chi connectivity index (χ1n) is 12.6. The van der Waals surface area contributed by atoms with E-state index in [0.29, 0.717) is 12.3 Å². The predicted molar refractivity (Wildman–Crippen MR) is 140 cm³/mol. The largest absolute Gasteiger partial charge is 0.561 e. The van der Waals surface area contributed by atoms with Crippen molar-refractivity contribution in [3.8, 4) is 5.88 Å². The second-order valence-electron chi connectivity index (χ2n) is 8.30. The van der Waals surface area contributed by atoms with Crippen LogP contribution < -0.4 is 10.1 Å². The summed E-state index contributed by atoms with van der Waals surface area (Å²) in [6.45, 7) is 4.49. The van der Waals surface area contributed by atoms with E-state index in [9.17, 15) is 5.02 Å². The monoisotopic (exact) mass is 462 g/mol. The number of aliphatic hydroxyl groups excluding tert-OH is 1. The number of pyridine rings is 2. The Morgan fingerprint density at radius 1 is 0.765 bits per heavy atom. The minimum atomic E-state index is -0.977. The average molecular weight is 462 g/mol. The van der Waals surface area contributed by atoms with Gasteiger partial charge in [-0.1, -0.05) is 82.3 Å². The highest BCUT2D eigenvalue weighted by atomic mass is 16.5. The topological polar surface area (TPSA) is 75.5 Å². The Bertz CT molecular complexity index is 924. The van der Waals surface area contributed by atoms with Gasteiger partial charge in [-0.05, 0) is 48.5 Å². The Kier molecular flexibility index (Phi) is 13.6. The number of hydrogen-bond donors (Lipinski definition) is 2. The van der Waals surface area contributed by atoms with Crippen LogP contribution >= 0.6 is 0 Å². The van der Waals surface area contributed by atoms with E-state index in [2.05, 4.69) is 23.8 Å². The molecular weight excluding hydrogens is 423 g/mol. The highest BCUT2D eigenvalue weighted by Crippen LogP contribution is 2.19. The first kappa shape index (κ1) is 27.5. The predicted octanol–water partition coefficient (Wildman–Crippen LogP) is 4.93. The second-order valence-corrected chi connectivity index (χ2v) is 8.30. The number of rotatable bonds is 13. The van der Waals surface area contributed by atoms with Crippen molar-refractivity contribution in [1.82, 2.24) is 9.97 Å². The zero-order valence-electron chi connectivity index (χ0n) is 20.7. The molecule has 0 atom stereocenters. The summed E-state index contributed by atoms with van der Waals surface area (Å²) in [4.78, 5) is 8.35. The fourth-order valence-electron chi connectivity index (χ4n) is 3.74. The van der Waals surface area contributed by atoms with Crippen molar-refractivity contribution in [2.45, 2.75) is 71.6 Å². The summed E-state index contributed by atoms with van der Waals surface area (Å²) in [6, 6.07) is 17.5. The molecule has 182 valence electrons. The molecule has 0 fully saturated rings. The lowest BCUT2D eigenvalue weighted by Crippen LogP contribution is -2.39. The molecule has 0 amide bonds. The number of aromatic nitrogens is 2. The Hall–Kier alpha value is -2.70. The number of unbranched alkanes of at least 4 members (excludes halogenated alkanes) is 5. The van der Waals surface area contributed by atoms with Crippen LogP contribution in [-0.2, 0) is 19.3 Å². The van der Waals surface area contributed by atoms with Crippen molar-refractivity contribution >= 4 is 12.6 Å². The lowest BCUT2D eigenvalue weighted by Gasteiger charge is -2.15. The summed E-state index contributed by atoms with van der Waals surface area (Å²) in [6.07, 6.45) is 13.5. The lowest BCUT2D eigenvalue weighted by molar-refractivity contribution is 0.298. The molecule has 0 spiro atoms. The van der Waals surface area contributed by atoms with Crippen molar-refractivity contribution in [2.24, 2.45) is 0 Å². The molecule has 34 heavy (non-hydrogen) atoms. The molecule has 2 heterocycles. The first-order valence-corrected chi connectivity index (χ1v) is 12.6. The fraction of sp³-hybridized carbons (Fsp3) is 0.429. The number of benzene rings is 1. The van der Waals surface area contributed by atoms with Crippen LogP contribution in [-0.4, -0.2) is 33.8 Å². The minimum Gasteiger partial charge on any atom is -0.518 e. The zero-order valence-corrected chi connectivity index (χ0v) is 20.7. The molecule has 1 aromatic carbocycles. The summed E-state index contributed by atoms with van der Waals surface area (Å²) < 4.78 is 5.81. The lowest BCUT2D eigenvalue weighted by atomic mass is 9.75. The standard InChI is InChI=1S/C21H30BNO2.C7H9NO/c1-3-5-6-7-8-9-14-19-15-12-17-23-21(19)25-22(24)20-16-11-10-13-18(20)4-2;9-6-4-7-3-1-2-5-8-7/h10-13,15-17,24H,3-9,14H2,1-2H3;1-3,5,9H,4,6H2. The van der Waals surface area contributed by atoms with Crippen LogP contribution in [0, 0.1) is 0 Å². The van der Waals surface area contributed by atoms with Gasteiger partial charge in [-0.15, -0.1) is 0 Å². The maximum atomic E-state index is 10.5. The quantitative estimate of drug-likeness (QED) is 0.278. The molecule has 0 radical (unpaired) electrons. The molecular formula is C28H39BN2O3.